The molecule has 0 spiro atoms. The van der Waals surface area contributed by atoms with Crippen molar-refractivity contribution in [2.24, 2.45) is 10.7 Å². The molecule has 1 saturated carbocycles. The lowest BCUT2D eigenvalue weighted by molar-refractivity contribution is 0.256. The Morgan fingerprint density at radius 2 is 1.87 bits per heavy atom. The molecule has 1 aromatic carbocycles. The normalized spacial score (nSPS) is 19.9. The predicted molar refractivity (Wildman–Crippen MR) is 97.0 cm³/mol. The van der Waals surface area contributed by atoms with Crippen LogP contribution in [0.5, 0.6) is 0 Å². The zero-order valence-corrected chi connectivity index (χ0v) is 14.2. The van der Waals surface area contributed by atoms with Crippen LogP contribution >= 0.6 is 0 Å². The van der Waals surface area contributed by atoms with Gasteiger partial charge in [0.25, 0.3) is 0 Å². The van der Waals surface area contributed by atoms with Crippen LogP contribution in [-0.4, -0.2) is 68.1 Å². The first kappa shape index (κ1) is 16.1. The molecule has 126 valence electrons. The van der Waals surface area contributed by atoms with Gasteiger partial charge in [0, 0.05) is 58.0 Å². The summed E-state index contributed by atoms with van der Waals surface area (Å²) in [4.78, 5) is 11.6. The number of benzene rings is 1. The number of rotatable bonds is 6. The summed E-state index contributed by atoms with van der Waals surface area (Å²) in [6, 6.07) is 11.3. The number of hydrogen-bond acceptors (Lipinski definition) is 3. The summed E-state index contributed by atoms with van der Waals surface area (Å²) in [6.45, 7) is 6.44. The molecule has 1 aliphatic heterocycles. The molecular formula is C18H29N5. The van der Waals surface area contributed by atoms with E-state index in [4.69, 9.17) is 5.73 Å². The van der Waals surface area contributed by atoms with Gasteiger partial charge in [-0.25, -0.2) is 0 Å². The lowest BCUT2D eigenvalue weighted by atomic mass is 10.2. The van der Waals surface area contributed by atoms with E-state index in [2.05, 4.69) is 57.1 Å². The van der Waals surface area contributed by atoms with Gasteiger partial charge in [-0.3, -0.25) is 9.89 Å². The van der Waals surface area contributed by atoms with E-state index in [0.29, 0.717) is 12.0 Å². The topological polar surface area (TPSA) is 48.1 Å². The van der Waals surface area contributed by atoms with E-state index in [1.54, 1.807) is 0 Å². The quantitative estimate of drug-likeness (QED) is 0.492. The number of aliphatic imine (C=N–C) groups is 1. The Morgan fingerprint density at radius 3 is 2.52 bits per heavy atom. The van der Waals surface area contributed by atoms with Crippen molar-refractivity contribution >= 4 is 11.6 Å². The Morgan fingerprint density at radius 1 is 1.17 bits per heavy atom. The highest BCUT2D eigenvalue weighted by Gasteiger charge is 2.27. The summed E-state index contributed by atoms with van der Waals surface area (Å²) in [5.41, 5.74) is 7.36. The number of piperazine rings is 1. The maximum Gasteiger partial charge on any atom is 0.191 e. The Kier molecular flexibility index (Phi) is 5.39. The molecule has 3 rings (SSSR count). The van der Waals surface area contributed by atoms with Crippen molar-refractivity contribution in [2.75, 3.05) is 51.2 Å². The summed E-state index contributed by atoms with van der Waals surface area (Å²) < 4.78 is 0. The minimum atomic E-state index is 0.643. The van der Waals surface area contributed by atoms with Gasteiger partial charge in [-0.2, -0.15) is 0 Å². The number of hydrogen-bond donors (Lipinski definition) is 1. The van der Waals surface area contributed by atoms with Crippen molar-refractivity contribution < 1.29 is 0 Å². The maximum absolute atomic E-state index is 6.02. The van der Waals surface area contributed by atoms with Crippen LogP contribution < -0.4 is 10.6 Å². The molecule has 0 amide bonds. The van der Waals surface area contributed by atoms with E-state index in [-0.39, 0.29) is 0 Å². The number of nitrogens with two attached hydrogens (primary N) is 1. The van der Waals surface area contributed by atoms with Gasteiger partial charge in [-0.1, -0.05) is 18.2 Å². The fourth-order valence-electron chi connectivity index (χ4n) is 3.12. The third kappa shape index (κ3) is 4.61. The van der Waals surface area contributed by atoms with E-state index < -0.39 is 0 Å². The third-order valence-electron chi connectivity index (χ3n) is 4.86. The van der Waals surface area contributed by atoms with Crippen molar-refractivity contribution in [3.63, 3.8) is 0 Å². The lowest BCUT2D eigenvalue weighted by Gasteiger charge is -2.36. The van der Waals surface area contributed by atoms with E-state index >= 15 is 0 Å². The van der Waals surface area contributed by atoms with E-state index in [0.717, 1.165) is 45.7 Å². The summed E-state index contributed by atoms with van der Waals surface area (Å²) in [5, 5.41) is 0. The van der Waals surface area contributed by atoms with Crippen molar-refractivity contribution in [2.45, 2.75) is 25.3 Å². The molecule has 2 aliphatic rings. The van der Waals surface area contributed by atoms with E-state index in [9.17, 15) is 0 Å². The minimum Gasteiger partial charge on any atom is -0.370 e. The van der Waals surface area contributed by atoms with Crippen LogP contribution in [0.2, 0.25) is 0 Å². The highest BCUT2D eigenvalue weighted by molar-refractivity contribution is 5.78. The van der Waals surface area contributed by atoms with Crippen molar-refractivity contribution in [3.05, 3.63) is 30.3 Å². The molecule has 23 heavy (non-hydrogen) atoms. The highest BCUT2D eigenvalue weighted by Crippen LogP contribution is 2.24. The molecule has 1 heterocycles. The Hall–Kier alpha value is -1.75. The average molecular weight is 315 g/mol. The third-order valence-corrected chi connectivity index (χ3v) is 4.86. The van der Waals surface area contributed by atoms with Gasteiger partial charge in [0.2, 0.25) is 0 Å². The van der Waals surface area contributed by atoms with E-state index in [1.807, 2.05) is 0 Å². The molecule has 1 saturated heterocycles. The first-order valence-electron chi connectivity index (χ1n) is 8.79. The molecule has 0 atom stereocenters. The van der Waals surface area contributed by atoms with Crippen LogP contribution in [0, 0.1) is 0 Å². The van der Waals surface area contributed by atoms with Crippen LogP contribution in [0.3, 0.4) is 0 Å². The van der Waals surface area contributed by atoms with Crippen molar-refractivity contribution in [1.82, 2.24) is 9.80 Å². The van der Waals surface area contributed by atoms with Crippen LogP contribution in [0.1, 0.15) is 19.3 Å². The second-order valence-electron chi connectivity index (χ2n) is 6.60. The predicted octanol–water partition coefficient (Wildman–Crippen LogP) is 1.61. The van der Waals surface area contributed by atoms with Crippen molar-refractivity contribution in [1.29, 1.82) is 0 Å². The smallest absolute Gasteiger partial charge is 0.191 e. The van der Waals surface area contributed by atoms with Gasteiger partial charge >= 0.3 is 0 Å². The van der Waals surface area contributed by atoms with Gasteiger partial charge in [-0.15, -0.1) is 0 Å². The molecule has 0 aromatic heterocycles. The van der Waals surface area contributed by atoms with Gasteiger partial charge in [0.15, 0.2) is 5.96 Å². The van der Waals surface area contributed by atoms with Crippen LogP contribution in [0.15, 0.2) is 35.3 Å². The van der Waals surface area contributed by atoms with Crippen LogP contribution in [0.25, 0.3) is 0 Å². The second-order valence-corrected chi connectivity index (χ2v) is 6.60. The minimum absolute atomic E-state index is 0.643. The largest absolute Gasteiger partial charge is 0.370 e. The van der Waals surface area contributed by atoms with Gasteiger partial charge < -0.3 is 15.5 Å². The highest BCUT2D eigenvalue weighted by atomic mass is 15.3. The van der Waals surface area contributed by atoms with Crippen LogP contribution in [-0.2, 0) is 0 Å². The molecule has 2 N–H and O–H groups in total. The average Bonchev–Trinajstić information content (AvgIpc) is 3.44. The summed E-state index contributed by atoms with van der Waals surface area (Å²) in [5.74, 6) is 0.710. The molecule has 1 aliphatic carbocycles. The Balaban J connectivity index is 1.34. The first-order valence-corrected chi connectivity index (χ1v) is 8.79. The molecule has 0 radical (unpaired) electrons. The number of anilines is 1. The van der Waals surface area contributed by atoms with Gasteiger partial charge in [0.1, 0.15) is 0 Å². The van der Waals surface area contributed by atoms with Gasteiger partial charge in [-0.05, 0) is 31.4 Å². The van der Waals surface area contributed by atoms with Crippen LogP contribution in [0.4, 0.5) is 5.69 Å². The number of nitrogens with zero attached hydrogens (tertiary/aromatic N) is 4. The number of para-hydroxylation sites is 1. The zero-order valence-electron chi connectivity index (χ0n) is 14.2. The fraction of sp³-hybridized carbons (Fsp3) is 0.611. The molecular weight excluding hydrogens is 286 g/mol. The molecule has 0 bridgehead atoms. The SMILES string of the molecule is CN(C(N)=NCCCN1CCN(c2ccccc2)CC1)C1CC1. The first-order chi connectivity index (χ1) is 11.2. The Labute approximate surface area is 139 Å². The lowest BCUT2D eigenvalue weighted by Crippen LogP contribution is -2.46. The maximum atomic E-state index is 6.02. The summed E-state index contributed by atoms with van der Waals surface area (Å²) in [6.07, 6.45) is 3.61. The molecule has 1 aromatic rings. The Bertz CT molecular complexity index is 503. The monoisotopic (exact) mass is 315 g/mol. The zero-order chi connectivity index (χ0) is 16.1. The second kappa shape index (κ2) is 7.68. The van der Waals surface area contributed by atoms with Gasteiger partial charge in [0.05, 0.1) is 0 Å². The number of guanidine groups is 1. The fourth-order valence-corrected chi connectivity index (χ4v) is 3.12. The summed E-state index contributed by atoms with van der Waals surface area (Å²) >= 11 is 0. The summed E-state index contributed by atoms with van der Waals surface area (Å²) in [7, 11) is 2.05. The van der Waals surface area contributed by atoms with E-state index in [1.165, 1.54) is 18.5 Å². The molecule has 5 heteroatoms. The molecule has 0 unspecified atom stereocenters. The van der Waals surface area contributed by atoms with Crippen molar-refractivity contribution in [3.8, 4) is 0 Å². The molecule has 2 fully saturated rings. The molecule has 5 nitrogen and oxygen atoms in total. The standard InChI is InChI=1S/C18H29N5/c1-21(16-8-9-16)18(19)20-10-5-11-22-12-14-23(15-13-22)17-6-3-2-4-7-17/h2-4,6-7,16H,5,8-15H2,1H3,(H2,19,20).